The Morgan fingerprint density at radius 3 is 2.29 bits per heavy atom. The van der Waals surface area contributed by atoms with Crippen LogP contribution in [0.15, 0.2) is 30.3 Å². The third-order valence-electron chi connectivity index (χ3n) is 2.44. The van der Waals surface area contributed by atoms with Gasteiger partial charge in [0.1, 0.15) is 0 Å². The molecule has 0 heterocycles. The maximum absolute atomic E-state index is 12.1. The van der Waals surface area contributed by atoms with E-state index in [1.165, 1.54) is 0 Å². The Labute approximate surface area is 101 Å². The molecule has 0 aliphatic rings. The lowest BCUT2D eigenvalue weighted by Crippen LogP contribution is -2.29. The average Bonchev–Trinajstić information content (AvgIpc) is 2.27. The van der Waals surface area contributed by atoms with Crippen molar-refractivity contribution in [1.82, 2.24) is 4.90 Å². The first-order valence-corrected chi connectivity index (χ1v) is 5.46. The Kier molecular flexibility index (Phi) is 4.84. The summed E-state index contributed by atoms with van der Waals surface area (Å²) in [7, 11) is 3.65. The van der Waals surface area contributed by atoms with E-state index >= 15 is 0 Å². The van der Waals surface area contributed by atoms with Crippen LogP contribution < -0.4 is 0 Å². The SMILES string of the molecule is CN(C)CC(CC(=O)O)C(=O)c1ccccc1. The zero-order chi connectivity index (χ0) is 12.8. The molecule has 0 saturated heterocycles. The zero-order valence-corrected chi connectivity index (χ0v) is 10.1. The molecule has 4 heteroatoms. The second-order valence-electron chi connectivity index (χ2n) is 4.29. The normalized spacial score (nSPS) is 12.4. The highest BCUT2D eigenvalue weighted by Crippen LogP contribution is 2.13. The number of aliphatic carboxylic acids is 1. The summed E-state index contributed by atoms with van der Waals surface area (Å²) < 4.78 is 0. The van der Waals surface area contributed by atoms with Crippen molar-refractivity contribution in [3.8, 4) is 0 Å². The number of ketones is 1. The number of hydrogen-bond acceptors (Lipinski definition) is 3. The number of carbonyl (C=O) groups excluding carboxylic acids is 1. The van der Waals surface area contributed by atoms with Crippen LogP contribution in [0.4, 0.5) is 0 Å². The van der Waals surface area contributed by atoms with Gasteiger partial charge in [-0.25, -0.2) is 0 Å². The highest BCUT2D eigenvalue weighted by Gasteiger charge is 2.23. The second kappa shape index (κ2) is 6.15. The Balaban J connectivity index is 2.82. The van der Waals surface area contributed by atoms with Crippen LogP contribution >= 0.6 is 0 Å². The van der Waals surface area contributed by atoms with Gasteiger partial charge in [0.15, 0.2) is 5.78 Å². The van der Waals surface area contributed by atoms with Crippen molar-refractivity contribution < 1.29 is 14.7 Å². The standard InChI is InChI=1S/C13H17NO3/c1-14(2)9-11(8-12(15)16)13(17)10-6-4-3-5-7-10/h3-7,11H,8-9H2,1-2H3,(H,15,16). The number of benzene rings is 1. The second-order valence-corrected chi connectivity index (χ2v) is 4.29. The van der Waals surface area contributed by atoms with Gasteiger partial charge >= 0.3 is 5.97 Å². The van der Waals surface area contributed by atoms with Crippen molar-refractivity contribution in [2.45, 2.75) is 6.42 Å². The van der Waals surface area contributed by atoms with Crippen LogP contribution in [0.2, 0.25) is 0 Å². The number of nitrogens with zero attached hydrogens (tertiary/aromatic N) is 1. The van der Waals surface area contributed by atoms with Crippen molar-refractivity contribution in [1.29, 1.82) is 0 Å². The number of carbonyl (C=O) groups is 2. The monoisotopic (exact) mass is 235 g/mol. The minimum absolute atomic E-state index is 0.110. The summed E-state index contributed by atoms with van der Waals surface area (Å²) in [6.07, 6.45) is -0.133. The first-order chi connectivity index (χ1) is 8.00. The van der Waals surface area contributed by atoms with E-state index in [-0.39, 0.29) is 12.2 Å². The van der Waals surface area contributed by atoms with Crippen LogP contribution in [0, 0.1) is 5.92 Å². The Hall–Kier alpha value is -1.68. The molecule has 0 bridgehead atoms. The summed E-state index contributed by atoms with van der Waals surface area (Å²) in [4.78, 5) is 24.7. The summed E-state index contributed by atoms with van der Waals surface area (Å²) in [6.45, 7) is 0.444. The molecule has 4 nitrogen and oxygen atoms in total. The van der Waals surface area contributed by atoms with Gasteiger partial charge in [-0.15, -0.1) is 0 Å². The first kappa shape index (κ1) is 13.4. The molecule has 0 radical (unpaired) electrons. The van der Waals surface area contributed by atoms with Crippen LogP contribution in [-0.4, -0.2) is 42.4 Å². The number of carboxylic acid groups (broad SMARTS) is 1. The lowest BCUT2D eigenvalue weighted by Gasteiger charge is -2.18. The van der Waals surface area contributed by atoms with E-state index in [9.17, 15) is 9.59 Å². The van der Waals surface area contributed by atoms with E-state index in [0.29, 0.717) is 12.1 Å². The summed E-state index contributed by atoms with van der Waals surface area (Å²) in [6, 6.07) is 8.82. The molecule has 1 aromatic rings. The van der Waals surface area contributed by atoms with E-state index in [2.05, 4.69) is 0 Å². The van der Waals surface area contributed by atoms with Crippen molar-refractivity contribution in [2.75, 3.05) is 20.6 Å². The maximum atomic E-state index is 12.1. The molecular formula is C13H17NO3. The molecule has 1 aromatic carbocycles. The van der Waals surface area contributed by atoms with Gasteiger partial charge in [-0.3, -0.25) is 9.59 Å². The number of hydrogen-bond donors (Lipinski definition) is 1. The molecule has 1 rings (SSSR count). The Bertz CT molecular complexity index is 387. The van der Waals surface area contributed by atoms with E-state index < -0.39 is 11.9 Å². The summed E-state index contributed by atoms with van der Waals surface area (Å²) >= 11 is 0. The van der Waals surface area contributed by atoms with Gasteiger partial charge in [0.25, 0.3) is 0 Å². The molecular weight excluding hydrogens is 218 g/mol. The summed E-state index contributed by atoms with van der Waals surface area (Å²) in [5, 5.41) is 8.82. The number of rotatable bonds is 6. The van der Waals surface area contributed by atoms with E-state index in [1.54, 1.807) is 24.3 Å². The van der Waals surface area contributed by atoms with Gasteiger partial charge in [0.2, 0.25) is 0 Å². The third kappa shape index (κ3) is 4.36. The fourth-order valence-corrected chi connectivity index (χ4v) is 1.73. The lowest BCUT2D eigenvalue weighted by molar-refractivity contribution is -0.137. The van der Waals surface area contributed by atoms with Crippen LogP contribution in [-0.2, 0) is 4.79 Å². The quantitative estimate of drug-likeness (QED) is 0.759. The average molecular weight is 235 g/mol. The number of carboxylic acids is 1. The van der Waals surface area contributed by atoms with Gasteiger partial charge in [0, 0.05) is 18.0 Å². The highest BCUT2D eigenvalue weighted by atomic mass is 16.4. The molecule has 0 spiro atoms. The van der Waals surface area contributed by atoms with Crippen LogP contribution in [0.3, 0.4) is 0 Å². The van der Waals surface area contributed by atoms with Crippen LogP contribution in [0.1, 0.15) is 16.8 Å². The first-order valence-electron chi connectivity index (χ1n) is 5.46. The Morgan fingerprint density at radius 1 is 1.24 bits per heavy atom. The topological polar surface area (TPSA) is 57.6 Å². The molecule has 0 saturated carbocycles. The molecule has 1 atom stereocenters. The predicted molar refractivity (Wildman–Crippen MR) is 65.1 cm³/mol. The lowest BCUT2D eigenvalue weighted by atomic mass is 9.94. The van der Waals surface area contributed by atoms with Crippen molar-refractivity contribution in [3.63, 3.8) is 0 Å². The van der Waals surface area contributed by atoms with Gasteiger partial charge in [0.05, 0.1) is 6.42 Å². The van der Waals surface area contributed by atoms with Gasteiger partial charge in [-0.1, -0.05) is 30.3 Å². The number of Topliss-reactive ketones (excluding diaryl/α,β-unsaturated/α-hetero) is 1. The summed E-state index contributed by atoms with van der Waals surface area (Å²) in [5.41, 5.74) is 0.570. The highest BCUT2D eigenvalue weighted by molar-refractivity contribution is 5.99. The molecule has 1 N–H and O–H groups in total. The fraction of sp³-hybridized carbons (Fsp3) is 0.385. The minimum atomic E-state index is -0.943. The molecule has 0 fully saturated rings. The fourth-order valence-electron chi connectivity index (χ4n) is 1.73. The maximum Gasteiger partial charge on any atom is 0.304 e. The van der Waals surface area contributed by atoms with Crippen molar-refractivity contribution in [3.05, 3.63) is 35.9 Å². The molecule has 0 aliphatic carbocycles. The third-order valence-corrected chi connectivity index (χ3v) is 2.44. The molecule has 0 aliphatic heterocycles. The van der Waals surface area contributed by atoms with Gasteiger partial charge in [-0.05, 0) is 14.1 Å². The van der Waals surface area contributed by atoms with Crippen molar-refractivity contribution >= 4 is 11.8 Å². The minimum Gasteiger partial charge on any atom is -0.481 e. The van der Waals surface area contributed by atoms with Gasteiger partial charge < -0.3 is 10.0 Å². The van der Waals surface area contributed by atoms with E-state index in [0.717, 1.165) is 0 Å². The van der Waals surface area contributed by atoms with E-state index in [1.807, 2.05) is 25.1 Å². The van der Waals surface area contributed by atoms with Crippen molar-refractivity contribution in [2.24, 2.45) is 5.92 Å². The molecule has 0 amide bonds. The van der Waals surface area contributed by atoms with Gasteiger partial charge in [-0.2, -0.15) is 0 Å². The van der Waals surface area contributed by atoms with Crippen LogP contribution in [0.25, 0.3) is 0 Å². The van der Waals surface area contributed by atoms with Crippen LogP contribution in [0.5, 0.6) is 0 Å². The Morgan fingerprint density at radius 2 is 1.82 bits per heavy atom. The summed E-state index contributed by atoms with van der Waals surface area (Å²) in [5.74, 6) is -1.55. The molecule has 17 heavy (non-hydrogen) atoms. The molecule has 92 valence electrons. The smallest absolute Gasteiger partial charge is 0.304 e. The predicted octanol–water partition coefficient (Wildman–Crippen LogP) is 1.52. The molecule has 0 aromatic heterocycles. The molecule has 1 unspecified atom stereocenters. The zero-order valence-electron chi connectivity index (χ0n) is 10.1. The largest absolute Gasteiger partial charge is 0.481 e. The van der Waals surface area contributed by atoms with E-state index in [4.69, 9.17) is 5.11 Å².